The van der Waals surface area contributed by atoms with Crippen molar-refractivity contribution in [2.45, 2.75) is 59.5 Å². The number of carbonyl (C=O) groups excluding carboxylic acids is 2. The summed E-state index contributed by atoms with van der Waals surface area (Å²) in [6, 6.07) is 17.0. The zero-order valence-corrected chi connectivity index (χ0v) is 19.4. The van der Waals surface area contributed by atoms with Gasteiger partial charge >= 0.3 is 0 Å². The van der Waals surface area contributed by atoms with E-state index in [0.717, 1.165) is 11.1 Å². The Labute approximate surface area is 186 Å². The quantitative estimate of drug-likeness (QED) is 0.565. The molecule has 0 aliphatic carbocycles. The van der Waals surface area contributed by atoms with Crippen molar-refractivity contribution >= 4 is 11.8 Å². The Morgan fingerprint density at radius 1 is 0.968 bits per heavy atom. The highest BCUT2D eigenvalue weighted by atomic mass is 16.5. The van der Waals surface area contributed by atoms with Crippen molar-refractivity contribution in [3.63, 3.8) is 0 Å². The van der Waals surface area contributed by atoms with Gasteiger partial charge in [-0.3, -0.25) is 9.59 Å². The molecule has 5 nitrogen and oxygen atoms in total. The van der Waals surface area contributed by atoms with Crippen LogP contribution < -0.4 is 10.1 Å². The molecule has 2 rings (SSSR count). The van der Waals surface area contributed by atoms with Gasteiger partial charge in [-0.1, -0.05) is 83.1 Å². The van der Waals surface area contributed by atoms with Crippen molar-refractivity contribution < 1.29 is 14.3 Å². The number of rotatable bonds is 11. The van der Waals surface area contributed by atoms with Gasteiger partial charge in [-0.25, -0.2) is 0 Å². The Morgan fingerprint density at radius 2 is 1.61 bits per heavy atom. The fraction of sp³-hybridized carbons (Fsp3) is 0.462. The van der Waals surface area contributed by atoms with E-state index in [1.54, 1.807) is 4.90 Å². The summed E-state index contributed by atoms with van der Waals surface area (Å²) in [7, 11) is 0. The molecule has 0 heterocycles. The van der Waals surface area contributed by atoms with Gasteiger partial charge in [0.05, 0.1) is 0 Å². The van der Waals surface area contributed by atoms with Crippen molar-refractivity contribution in [1.29, 1.82) is 0 Å². The molecule has 0 aromatic heterocycles. The molecule has 0 saturated carbocycles. The number of nitrogens with zero attached hydrogens (tertiary/aromatic N) is 1. The molecule has 0 aliphatic rings. The van der Waals surface area contributed by atoms with Crippen molar-refractivity contribution in [3.8, 4) is 5.75 Å². The van der Waals surface area contributed by atoms with Crippen LogP contribution in [-0.2, 0) is 16.1 Å². The van der Waals surface area contributed by atoms with Crippen molar-refractivity contribution in [2.75, 3.05) is 13.2 Å². The van der Waals surface area contributed by atoms with E-state index in [1.807, 2.05) is 75.4 Å². The molecule has 0 aliphatic heterocycles. The van der Waals surface area contributed by atoms with Crippen LogP contribution in [0.3, 0.4) is 0 Å². The van der Waals surface area contributed by atoms with Crippen LogP contribution in [0.5, 0.6) is 5.75 Å². The smallest absolute Gasteiger partial charge is 0.261 e. The average molecular weight is 425 g/mol. The lowest BCUT2D eigenvalue weighted by molar-refractivity contribution is -0.143. The first kappa shape index (κ1) is 24.4. The molecule has 2 aromatic carbocycles. The number of para-hydroxylation sites is 1. The summed E-state index contributed by atoms with van der Waals surface area (Å²) >= 11 is 0. The molecule has 0 bridgehead atoms. The first-order valence-electron chi connectivity index (χ1n) is 11.2. The number of hydrogen-bond donors (Lipinski definition) is 1. The third-order valence-corrected chi connectivity index (χ3v) is 5.16. The van der Waals surface area contributed by atoms with Crippen molar-refractivity contribution in [2.24, 2.45) is 5.92 Å². The Morgan fingerprint density at radius 3 is 2.23 bits per heavy atom. The Hall–Kier alpha value is -2.82. The highest BCUT2D eigenvalue weighted by Gasteiger charge is 2.29. The molecule has 1 N–H and O–H groups in total. The number of nitrogens with one attached hydrogen (secondary N) is 1. The number of carbonyl (C=O) groups is 2. The van der Waals surface area contributed by atoms with Crippen LogP contribution in [0.4, 0.5) is 0 Å². The summed E-state index contributed by atoms with van der Waals surface area (Å²) < 4.78 is 5.93. The highest BCUT2D eigenvalue weighted by Crippen LogP contribution is 2.26. The van der Waals surface area contributed by atoms with E-state index in [0.29, 0.717) is 31.2 Å². The van der Waals surface area contributed by atoms with Crippen LogP contribution in [0.25, 0.3) is 0 Å². The van der Waals surface area contributed by atoms with Gasteiger partial charge in [0.25, 0.3) is 5.91 Å². The van der Waals surface area contributed by atoms with E-state index in [1.165, 1.54) is 0 Å². The van der Waals surface area contributed by atoms with E-state index >= 15 is 0 Å². The summed E-state index contributed by atoms with van der Waals surface area (Å²) in [5, 5.41) is 2.98. The first-order chi connectivity index (χ1) is 14.8. The minimum Gasteiger partial charge on any atom is -0.483 e. The highest BCUT2D eigenvalue weighted by molar-refractivity contribution is 5.88. The monoisotopic (exact) mass is 424 g/mol. The minimum atomic E-state index is -0.546. The van der Waals surface area contributed by atoms with Gasteiger partial charge in [0, 0.05) is 13.1 Å². The fourth-order valence-corrected chi connectivity index (χ4v) is 3.43. The molecule has 0 unspecified atom stereocenters. The van der Waals surface area contributed by atoms with Crippen LogP contribution in [0.1, 0.15) is 58.1 Å². The second-order valence-electron chi connectivity index (χ2n) is 8.55. The average Bonchev–Trinajstić information content (AvgIpc) is 2.76. The number of benzene rings is 2. The van der Waals surface area contributed by atoms with E-state index < -0.39 is 6.04 Å². The second kappa shape index (κ2) is 12.1. The van der Waals surface area contributed by atoms with Gasteiger partial charge in [-0.15, -0.1) is 0 Å². The van der Waals surface area contributed by atoms with Crippen molar-refractivity contribution in [3.05, 3.63) is 65.7 Å². The zero-order valence-electron chi connectivity index (χ0n) is 19.4. The second-order valence-corrected chi connectivity index (χ2v) is 8.55. The molecular weight excluding hydrogens is 388 g/mol. The van der Waals surface area contributed by atoms with Gasteiger partial charge in [0.1, 0.15) is 11.8 Å². The number of amides is 2. The number of hydrogen-bond acceptors (Lipinski definition) is 3. The summed E-state index contributed by atoms with van der Waals surface area (Å²) in [5.74, 6) is 1.02. The summed E-state index contributed by atoms with van der Waals surface area (Å²) in [4.78, 5) is 27.8. The van der Waals surface area contributed by atoms with Crippen LogP contribution in [0.2, 0.25) is 0 Å². The summed E-state index contributed by atoms with van der Waals surface area (Å²) in [5.41, 5.74) is 2.04. The SMILES string of the molecule is CC[C@@H](C(=O)NCC(C)C)N(Cc1ccccc1)C(=O)COc1ccccc1C(C)C. The topological polar surface area (TPSA) is 58.6 Å². The molecule has 2 aromatic rings. The lowest BCUT2D eigenvalue weighted by atomic mass is 10.0. The van der Waals surface area contributed by atoms with E-state index in [9.17, 15) is 9.59 Å². The van der Waals surface area contributed by atoms with Gasteiger partial charge in [-0.2, -0.15) is 0 Å². The predicted molar refractivity (Wildman–Crippen MR) is 125 cm³/mol. The molecule has 2 amide bonds. The lowest BCUT2D eigenvalue weighted by Crippen LogP contribution is -2.50. The molecule has 0 spiro atoms. The lowest BCUT2D eigenvalue weighted by Gasteiger charge is -2.31. The van der Waals surface area contributed by atoms with Crippen LogP contribution >= 0.6 is 0 Å². The van der Waals surface area contributed by atoms with Crippen molar-refractivity contribution in [1.82, 2.24) is 10.2 Å². The van der Waals surface area contributed by atoms with Crippen LogP contribution in [0.15, 0.2) is 54.6 Å². The van der Waals surface area contributed by atoms with Crippen LogP contribution in [0, 0.1) is 5.92 Å². The predicted octanol–water partition coefficient (Wildman–Crippen LogP) is 4.77. The summed E-state index contributed by atoms with van der Waals surface area (Å²) in [6.45, 7) is 11.1. The largest absolute Gasteiger partial charge is 0.483 e. The Bertz CT molecular complexity index is 834. The maximum Gasteiger partial charge on any atom is 0.261 e. The first-order valence-corrected chi connectivity index (χ1v) is 11.2. The number of ether oxygens (including phenoxy) is 1. The molecule has 0 fully saturated rings. The molecular formula is C26H36N2O3. The van der Waals surface area contributed by atoms with Gasteiger partial charge in [0.2, 0.25) is 5.91 Å². The third-order valence-electron chi connectivity index (χ3n) is 5.16. The normalized spacial score (nSPS) is 12.0. The maximum atomic E-state index is 13.3. The van der Waals surface area contributed by atoms with Crippen LogP contribution in [-0.4, -0.2) is 35.9 Å². The van der Waals surface area contributed by atoms with E-state index in [2.05, 4.69) is 19.2 Å². The fourth-order valence-electron chi connectivity index (χ4n) is 3.43. The molecule has 168 valence electrons. The zero-order chi connectivity index (χ0) is 22.8. The maximum absolute atomic E-state index is 13.3. The third kappa shape index (κ3) is 7.42. The van der Waals surface area contributed by atoms with E-state index in [-0.39, 0.29) is 24.3 Å². The van der Waals surface area contributed by atoms with E-state index in [4.69, 9.17) is 4.74 Å². The van der Waals surface area contributed by atoms with Gasteiger partial charge < -0.3 is 15.0 Å². The molecule has 1 atom stereocenters. The summed E-state index contributed by atoms with van der Waals surface area (Å²) in [6.07, 6.45) is 0.533. The van der Waals surface area contributed by atoms with Gasteiger partial charge in [-0.05, 0) is 35.4 Å². The Kier molecular flexibility index (Phi) is 9.57. The molecule has 0 radical (unpaired) electrons. The Balaban J connectivity index is 2.20. The standard InChI is InChI=1S/C26H36N2O3/c1-6-23(26(30)27-16-19(2)3)28(17-21-12-8-7-9-13-21)25(29)18-31-24-15-11-10-14-22(24)20(4)5/h7-15,19-20,23H,6,16-18H2,1-5H3,(H,27,30)/t23-/m0/s1. The molecule has 0 saturated heterocycles. The molecule has 31 heavy (non-hydrogen) atoms. The minimum absolute atomic E-state index is 0.107. The van der Waals surface area contributed by atoms with Gasteiger partial charge in [0.15, 0.2) is 6.61 Å². The molecule has 5 heteroatoms.